The van der Waals surface area contributed by atoms with Gasteiger partial charge in [-0.15, -0.1) is 11.3 Å². The van der Waals surface area contributed by atoms with Crippen molar-refractivity contribution in [2.24, 2.45) is 0 Å². The van der Waals surface area contributed by atoms with E-state index in [9.17, 15) is 4.79 Å². The van der Waals surface area contributed by atoms with E-state index in [2.05, 4.69) is 28.4 Å². The maximum atomic E-state index is 13.2. The van der Waals surface area contributed by atoms with Gasteiger partial charge in [0.2, 0.25) is 0 Å². The SMILES string of the molecule is CN1CCC(N(C(=O)c2cccs2)C2C=CN(c3cccnc3)N2)CC1. The topological polar surface area (TPSA) is 51.7 Å². The Morgan fingerprint density at radius 1 is 1.31 bits per heavy atom. The van der Waals surface area contributed by atoms with Crippen molar-refractivity contribution in [3.63, 3.8) is 0 Å². The first-order valence-corrected chi connectivity index (χ1v) is 9.79. The molecule has 0 bridgehead atoms. The van der Waals surface area contributed by atoms with Crippen molar-refractivity contribution in [1.29, 1.82) is 0 Å². The molecule has 1 amide bonds. The zero-order chi connectivity index (χ0) is 17.9. The minimum Gasteiger partial charge on any atom is -0.314 e. The number of amides is 1. The highest BCUT2D eigenvalue weighted by Gasteiger charge is 2.35. The molecule has 1 saturated heterocycles. The monoisotopic (exact) mass is 369 g/mol. The Hall–Kier alpha value is -2.22. The lowest BCUT2D eigenvalue weighted by atomic mass is 10.0. The van der Waals surface area contributed by atoms with Gasteiger partial charge in [0.05, 0.1) is 16.8 Å². The van der Waals surface area contributed by atoms with Crippen molar-refractivity contribution in [3.8, 4) is 0 Å². The summed E-state index contributed by atoms with van der Waals surface area (Å²) in [4.78, 5) is 22.5. The molecular weight excluding hydrogens is 346 g/mol. The Morgan fingerprint density at radius 3 is 2.85 bits per heavy atom. The number of carbonyl (C=O) groups excluding carboxylic acids is 1. The van der Waals surface area contributed by atoms with Gasteiger partial charge in [-0.1, -0.05) is 6.07 Å². The van der Waals surface area contributed by atoms with Gasteiger partial charge in [0.15, 0.2) is 0 Å². The van der Waals surface area contributed by atoms with Crippen LogP contribution in [0.15, 0.2) is 54.3 Å². The van der Waals surface area contributed by atoms with Crippen LogP contribution in [-0.2, 0) is 0 Å². The van der Waals surface area contributed by atoms with Crippen LogP contribution in [0.25, 0.3) is 0 Å². The number of pyridine rings is 1. The van der Waals surface area contributed by atoms with Crippen LogP contribution >= 0.6 is 11.3 Å². The minimum atomic E-state index is -0.154. The van der Waals surface area contributed by atoms with Gasteiger partial charge in [-0.25, -0.2) is 5.43 Å². The lowest BCUT2D eigenvalue weighted by Gasteiger charge is -2.40. The van der Waals surface area contributed by atoms with Crippen molar-refractivity contribution >= 4 is 22.9 Å². The van der Waals surface area contributed by atoms with Gasteiger partial charge >= 0.3 is 0 Å². The molecule has 2 aromatic heterocycles. The fraction of sp³-hybridized carbons (Fsp3) is 0.368. The van der Waals surface area contributed by atoms with E-state index in [1.807, 2.05) is 45.8 Å². The molecule has 1 atom stereocenters. The highest BCUT2D eigenvalue weighted by Crippen LogP contribution is 2.25. The standard InChI is InChI=1S/C19H23N5OS/c1-22-10-6-15(7-11-22)24(19(25)17-5-3-13-26-17)18-8-12-23(21-18)16-4-2-9-20-14-16/h2-5,8-9,12-15,18,21H,6-7,10-11H2,1H3. The molecule has 0 aromatic carbocycles. The minimum absolute atomic E-state index is 0.102. The van der Waals surface area contributed by atoms with Gasteiger partial charge < -0.3 is 9.80 Å². The largest absolute Gasteiger partial charge is 0.314 e. The molecule has 0 spiro atoms. The molecule has 6 nitrogen and oxygen atoms in total. The molecule has 1 fully saturated rings. The zero-order valence-electron chi connectivity index (χ0n) is 14.8. The Balaban J connectivity index is 1.55. The third-order valence-electron chi connectivity index (χ3n) is 4.96. The van der Waals surface area contributed by atoms with Gasteiger partial charge in [-0.2, -0.15) is 0 Å². The highest BCUT2D eigenvalue weighted by atomic mass is 32.1. The fourth-order valence-electron chi connectivity index (χ4n) is 3.53. The average Bonchev–Trinajstić information content (AvgIpc) is 3.36. The molecule has 0 saturated carbocycles. The molecule has 2 aliphatic heterocycles. The normalized spacial score (nSPS) is 21.3. The molecule has 7 heteroatoms. The Labute approximate surface area is 157 Å². The predicted octanol–water partition coefficient (Wildman–Crippen LogP) is 2.54. The van der Waals surface area contributed by atoms with Crippen molar-refractivity contribution < 1.29 is 4.79 Å². The Kier molecular flexibility index (Phi) is 5.01. The summed E-state index contributed by atoms with van der Waals surface area (Å²) in [6.07, 6.45) is 9.42. The number of piperidine rings is 1. The molecule has 0 radical (unpaired) electrons. The van der Waals surface area contributed by atoms with Crippen molar-refractivity contribution in [2.75, 3.05) is 25.1 Å². The summed E-state index contributed by atoms with van der Waals surface area (Å²) in [5, 5.41) is 3.89. The number of thiophene rings is 1. The van der Waals surface area contributed by atoms with Crippen LogP contribution < -0.4 is 10.4 Å². The first kappa shape index (κ1) is 17.2. The van der Waals surface area contributed by atoms with Gasteiger partial charge in [-0.3, -0.25) is 14.8 Å². The zero-order valence-corrected chi connectivity index (χ0v) is 15.6. The van der Waals surface area contributed by atoms with Crippen LogP contribution in [0.3, 0.4) is 0 Å². The number of aromatic nitrogens is 1. The van der Waals surface area contributed by atoms with E-state index in [4.69, 9.17) is 0 Å². The number of carbonyl (C=O) groups is 1. The Bertz CT molecular complexity index is 756. The maximum Gasteiger partial charge on any atom is 0.265 e. The van der Waals surface area contributed by atoms with Crippen LogP contribution in [0.1, 0.15) is 22.5 Å². The third kappa shape index (κ3) is 3.51. The summed E-state index contributed by atoms with van der Waals surface area (Å²) in [7, 11) is 2.14. The second kappa shape index (κ2) is 7.57. The van der Waals surface area contributed by atoms with E-state index in [-0.39, 0.29) is 18.1 Å². The smallest absolute Gasteiger partial charge is 0.265 e. The van der Waals surface area contributed by atoms with Gasteiger partial charge in [0.1, 0.15) is 6.17 Å². The molecule has 136 valence electrons. The van der Waals surface area contributed by atoms with Crippen molar-refractivity contribution in [3.05, 3.63) is 59.2 Å². The lowest BCUT2D eigenvalue weighted by Crippen LogP contribution is -2.56. The number of hydrogen-bond acceptors (Lipinski definition) is 6. The molecule has 1 unspecified atom stereocenters. The van der Waals surface area contributed by atoms with E-state index >= 15 is 0 Å². The second-order valence-corrected chi connectivity index (χ2v) is 7.67. The molecule has 4 heterocycles. The predicted molar refractivity (Wildman–Crippen MR) is 104 cm³/mol. The number of anilines is 1. The number of rotatable bonds is 4. The quantitative estimate of drug-likeness (QED) is 0.898. The van der Waals surface area contributed by atoms with Gasteiger partial charge in [-0.05, 0) is 62.6 Å². The van der Waals surface area contributed by atoms with Crippen LogP contribution in [0.4, 0.5) is 5.69 Å². The van der Waals surface area contributed by atoms with E-state index in [1.165, 1.54) is 11.3 Å². The summed E-state index contributed by atoms with van der Waals surface area (Å²) in [6, 6.07) is 7.98. The molecule has 0 aliphatic carbocycles. The fourth-order valence-corrected chi connectivity index (χ4v) is 4.19. The Morgan fingerprint density at radius 2 is 2.15 bits per heavy atom. The van der Waals surface area contributed by atoms with E-state index < -0.39 is 0 Å². The van der Waals surface area contributed by atoms with Gasteiger partial charge in [0.25, 0.3) is 5.91 Å². The van der Waals surface area contributed by atoms with Gasteiger partial charge in [0, 0.05) is 18.4 Å². The van der Waals surface area contributed by atoms with Crippen LogP contribution in [-0.4, -0.2) is 53.0 Å². The maximum absolute atomic E-state index is 13.2. The van der Waals surface area contributed by atoms with E-state index in [0.29, 0.717) is 0 Å². The number of nitrogens with zero attached hydrogens (tertiary/aromatic N) is 4. The summed E-state index contributed by atoms with van der Waals surface area (Å²) >= 11 is 1.50. The number of nitrogens with one attached hydrogen (secondary N) is 1. The van der Waals surface area contributed by atoms with Crippen molar-refractivity contribution in [1.82, 2.24) is 20.2 Å². The van der Waals surface area contributed by atoms with Crippen LogP contribution in [0.2, 0.25) is 0 Å². The summed E-state index contributed by atoms with van der Waals surface area (Å²) < 4.78 is 0. The van der Waals surface area contributed by atoms with Crippen LogP contribution in [0.5, 0.6) is 0 Å². The first-order chi connectivity index (χ1) is 12.7. The lowest BCUT2D eigenvalue weighted by molar-refractivity contribution is 0.0492. The third-order valence-corrected chi connectivity index (χ3v) is 5.82. The molecule has 2 aliphatic rings. The van der Waals surface area contributed by atoms with E-state index in [1.54, 1.807) is 12.4 Å². The first-order valence-electron chi connectivity index (χ1n) is 8.91. The average molecular weight is 369 g/mol. The summed E-state index contributed by atoms with van der Waals surface area (Å²) in [5.41, 5.74) is 4.39. The molecule has 1 N–H and O–H groups in total. The number of likely N-dealkylation sites (tertiary alicyclic amines) is 1. The summed E-state index contributed by atoms with van der Waals surface area (Å²) in [6.45, 7) is 2.03. The van der Waals surface area contributed by atoms with Crippen LogP contribution in [0, 0.1) is 0 Å². The number of hydrogen-bond donors (Lipinski definition) is 1. The van der Waals surface area contributed by atoms with E-state index in [0.717, 1.165) is 36.5 Å². The molecule has 26 heavy (non-hydrogen) atoms. The molecule has 2 aromatic rings. The van der Waals surface area contributed by atoms with Crippen molar-refractivity contribution in [2.45, 2.75) is 25.0 Å². The summed E-state index contributed by atoms with van der Waals surface area (Å²) in [5.74, 6) is 0.102. The molecule has 4 rings (SSSR count). The molecular formula is C19H23N5OS. The highest BCUT2D eigenvalue weighted by molar-refractivity contribution is 7.12. The second-order valence-electron chi connectivity index (χ2n) is 6.72. The number of hydrazine groups is 1.